The molecule has 0 saturated heterocycles. The second-order valence-electron chi connectivity index (χ2n) is 7.53. The van der Waals surface area contributed by atoms with E-state index in [1.807, 2.05) is 30.3 Å². The maximum absolute atomic E-state index is 12.0. The average Bonchev–Trinajstić information content (AvgIpc) is 3.10. The van der Waals surface area contributed by atoms with Crippen molar-refractivity contribution in [1.82, 2.24) is 4.90 Å². The van der Waals surface area contributed by atoms with E-state index in [0.717, 1.165) is 19.3 Å². The Morgan fingerprint density at radius 3 is 2.37 bits per heavy atom. The van der Waals surface area contributed by atoms with E-state index >= 15 is 0 Å². The minimum absolute atomic E-state index is 0.0101. The second kappa shape index (κ2) is 9.01. The minimum atomic E-state index is -0.676. The molecule has 1 fully saturated rings. The molecule has 1 saturated carbocycles. The van der Waals surface area contributed by atoms with Crippen LogP contribution in [0.15, 0.2) is 73.3 Å². The van der Waals surface area contributed by atoms with E-state index < -0.39 is 5.97 Å². The third-order valence-corrected chi connectivity index (χ3v) is 5.90. The second-order valence-corrected chi connectivity index (χ2v) is 7.53. The van der Waals surface area contributed by atoms with Crippen LogP contribution in [0, 0.1) is 11.8 Å². The molecule has 27 heavy (non-hydrogen) atoms. The molecule has 1 N–H and O–H groups in total. The van der Waals surface area contributed by atoms with Gasteiger partial charge in [0.2, 0.25) is 0 Å². The van der Waals surface area contributed by atoms with Crippen molar-refractivity contribution in [3.05, 3.63) is 84.4 Å². The molecule has 3 nitrogen and oxygen atoms in total. The first-order chi connectivity index (χ1) is 13.1. The molecule has 3 rings (SSSR count). The van der Waals surface area contributed by atoms with Gasteiger partial charge in [-0.05, 0) is 43.2 Å². The van der Waals surface area contributed by atoms with E-state index in [9.17, 15) is 9.90 Å². The summed E-state index contributed by atoms with van der Waals surface area (Å²) in [6, 6.07) is 20.9. The van der Waals surface area contributed by atoms with Gasteiger partial charge in [0.05, 0.1) is 5.92 Å². The molecule has 0 radical (unpaired) electrons. The number of carboxylic acids is 1. The van der Waals surface area contributed by atoms with Crippen LogP contribution >= 0.6 is 0 Å². The molecule has 0 bridgehead atoms. The topological polar surface area (TPSA) is 40.5 Å². The number of carboxylic acid groups (broad SMARTS) is 1. The first kappa shape index (κ1) is 19.4. The first-order valence-corrected chi connectivity index (χ1v) is 9.80. The summed E-state index contributed by atoms with van der Waals surface area (Å²) < 4.78 is 0. The lowest BCUT2D eigenvalue weighted by Crippen LogP contribution is -2.46. The Hall–Kier alpha value is -2.39. The van der Waals surface area contributed by atoms with Crippen molar-refractivity contribution in [2.45, 2.75) is 38.3 Å². The molecule has 3 heteroatoms. The largest absolute Gasteiger partial charge is 0.481 e. The third-order valence-electron chi connectivity index (χ3n) is 5.90. The molecule has 1 aliphatic carbocycles. The molecule has 0 spiro atoms. The molecule has 2 aromatic rings. The van der Waals surface area contributed by atoms with E-state index in [2.05, 4.69) is 54.8 Å². The molecule has 4 atom stereocenters. The summed E-state index contributed by atoms with van der Waals surface area (Å²) in [5.41, 5.74) is 2.50. The van der Waals surface area contributed by atoms with Crippen molar-refractivity contribution in [3.8, 4) is 0 Å². The first-order valence-electron chi connectivity index (χ1n) is 9.80. The molecule has 0 unspecified atom stereocenters. The summed E-state index contributed by atoms with van der Waals surface area (Å²) in [5, 5.41) is 9.88. The monoisotopic (exact) mass is 363 g/mol. The van der Waals surface area contributed by atoms with Crippen LogP contribution < -0.4 is 0 Å². The van der Waals surface area contributed by atoms with Crippen molar-refractivity contribution in [3.63, 3.8) is 0 Å². The van der Waals surface area contributed by atoms with Gasteiger partial charge < -0.3 is 5.11 Å². The van der Waals surface area contributed by atoms with Crippen LogP contribution in [-0.2, 0) is 11.2 Å². The van der Waals surface area contributed by atoms with Gasteiger partial charge in [-0.2, -0.15) is 0 Å². The number of rotatable bonds is 8. The zero-order chi connectivity index (χ0) is 19.2. The van der Waals surface area contributed by atoms with Crippen LogP contribution in [-0.4, -0.2) is 28.6 Å². The van der Waals surface area contributed by atoms with Gasteiger partial charge in [0.25, 0.3) is 0 Å². The maximum Gasteiger partial charge on any atom is 0.308 e. The lowest BCUT2D eigenvalue weighted by atomic mass is 9.88. The Labute approximate surface area is 162 Å². The van der Waals surface area contributed by atoms with Crippen LogP contribution in [0.25, 0.3) is 0 Å². The predicted molar refractivity (Wildman–Crippen MR) is 110 cm³/mol. The molecule has 2 aromatic carbocycles. The highest BCUT2D eigenvalue weighted by atomic mass is 16.4. The zero-order valence-electron chi connectivity index (χ0n) is 16.0. The lowest BCUT2D eigenvalue weighted by molar-refractivity contribution is -0.144. The molecule has 1 aliphatic rings. The smallest absolute Gasteiger partial charge is 0.308 e. The minimum Gasteiger partial charge on any atom is -0.481 e. The number of hydrogen-bond donors (Lipinski definition) is 1. The lowest BCUT2D eigenvalue weighted by Gasteiger charge is -2.39. The Kier molecular flexibility index (Phi) is 6.46. The van der Waals surface area contributed by atoms with Crippen LogP contribution in [0.1, 0.15) is 36.9 Å². The van der Waals surface area contributed by atoms with E-state index in [-0.39, 0.29) is 18.0 Å². The van der Waals surface area contributed by atoms with Gasteiger partial charge >= 0.3 is 5.97 Å². The number of aliphatic carboxylic acids is 1. The molecular weight excluding hydrogens is 334 g/mol. The number of carbonyl (C=O) groups is 1. The van der Waals surface area contributed by atoms with E-state index in [1.165, 1.54) is 11.1 Å². The number of hydrogen-bond acceptors (Lipinski definition) is 2. The van der Waals surface area contributed by atoms with Crippen LogP contribution in [0.3, 0.4) is 0 Å². The van der Waals surface area contributed by atoms with E-state index in [1.54, 1.807) is 0 Å². The number of benzene rings is 2. The Morgan fingerprint density at radius 2 is 1.78 bits per heavy atom. The number of nitrogens with zero attached hydrogens (tertiary/aromatic N) is 1. The van der Waals surface area contributed by atoms with Crippen molar-refractivity contribution in [2.24, 2.45) is 11.8 Å². The van der Waals surface area contributed by atoms with Crippen LogP contribution in [0.4, 0.5) is 0 Å². The molecule has 0 aromatic heterocycles. The van der Waals surface area contributed by atoms with Crippen molar-refractivity contribution >= 4 is 5.97 Å². The van der Waals surface area contributed by atoms with Crippen molar-refractivity contribution in [1.29, 1.82) is 0 Å². The normalized spacial score (nSPS) is 23.3. The maximum atomic E-state index is 12.0. The van der Waals surface area contributed by atoms with Gasteiger partial charge in [-0.3, -0.25) is 9.69 Å². The fourth-order valence-electron chi connectivity index (χ4n) is 4.58. The van der Waals surface area contributed by atoms with Crippen molar-refractivity contribution < 1.29 is 9.90 Å². The van der Waals surface area contributed by atoms with Gasteiger partial charge in [0.15, 0.2) is 0 Å². The third kappa shape index (κ3) is 4.48. The SMILES string of the molecule is C=CCN([C@H]1[C@H](Cc2ccccc2)CC[C@@H]1C(=O)O)[C@@H](C)c1ccccc1. The van der Waals surface area contributed by atoms with Crippen LogP contribution in [0.2, 0.25) is 0 Å². The van der Waals surface area contributed by atoms with E-state index in [0.29, 0.717) is 12.5 Å². The average molecular weight is 364 g/mol. The summed E-state index contributed by atoms with van der Waals surface area (Å²) in [7, 11) is 0. The zero-order valence-corrected chi connectivity index (χ0v) is 16.0. The Bertz CT molecular complexity index is 743. The Balaban J connectivity index is 1.91. The highest BCUT2D eigenvalue weighted by molar-refractivity contribution is 5.71. The van der Waals surface area contributed by atoms with Crippen LogP contribution in [0.5, 0.6) is 0 Å². The molecule has 0 aliphatic heterocycles. The van der Waals surface area contributed by atoms with Gasteiger partial charge in [-0.15, -0.1) is 6.58 Å². The van der Waals surface area contributed by atoms with Gasteiger partial charge in [0, 0.05) is 18.6 Å². The molecule has 0 heterocycles. The summed E-state index contributed by atoms with van der Waals surface area (Å²) in [5.74, 6) is -0.672. The van der Waals surface area contributed by atoms with Gasteiger partial charge in [-0.1, -0.05) is 66.7 Å². The van der Waals surface area contributed by atoms with Gasteiger partial charge in [-0.25, -0.2) is 0 Å². The summed E-state index contributed by atoms with van der Waals surface area (Å²) in [6.07, 6.45) is 4.51. The Morgan fingerprint density at radius 1 is 1.15 bits per heavy atom. The van der Waals surface area contributed by atoms with E-state index in [4.69, 9.17) is 0 Å². The molecular formula is C24H29NO2. The quantitative estimate of drug-likeness (QED) is 0.674. The van der Waals surface area contributed by atoms with Gasteiger partial charge in [0.1, 0.15) is 0 Å². The standard InChI is InChI=1S/C24H29NO2/c1-3-16-25(18(2)20-12-8-5-9-13-20)23-21(14-15-22(23)24(26)27)17-19-10-6-4-7-11-19/h3-13,18,21-23H,1,14-17H2,2H3,(H,26,27)/t18-,21-,22-,23-/m0/s1. The molecule has 0 amide bonds. The predicted octanol–water partition coefficient (Wildman–Crippen LogP) is 4.96. The highest BCUT2D eigenvalue weighted by Crippen LogP contribution is 2.40. The van der Waals surface area contributed by atoms with Crippen molar-refractivity contribution in [2.75, 3.05) is 6.54 Å². The highest BCUT2D eigenvalue weighted by Gasteiger charge is 2.44. The summed E-state index contributed by atoms with van der Waals surface area (Å²) in [4.78, 5) is 14.4. The summed E-state index contributed by atoms with van der Waals surface area (Å²) in [6.45, 7) is 6.80. The molecule has 142 valence electrons. The summed E-state index contributed by atoms with van der Waals surface area (Å²) >= 11 is 0. The fourth-order valence-corrected chi connectivity index (χ4v) is 4.58. The fraction of sp³-hybridized carbons (Fsp3) is 0.375.